The van der Waals surface area contributed by atoms with E-state index < -0.39 is 48.4 Å². The van der Waals surface area contributed by atoms with Crippen LogP contribution < -0.4 is 0 Å². The molecular weight excluding hydrogens is 506 g/mol. The fourth-order valence-electron chi connectivity index (χ4n) is 5.08. The molecule has 0 unspecified atom stereocenters. The molecule has 1 fully saturated rings. The summed E-state index contributed by atoms with van der Waals surface area (Å²) >= 11 is 3.40. The van der Waals surface area contributed by atoms with Crippen LogP contribution in [-0.2, 0) is 14.3 Å². The SMILES string of the molecule is CC/C(=C\c1cc(Br)ccc1O)CC[C@@H](O)C1=C(C)C[C@H]2C(=O)N(C(=O)OC)C(=O)[C@H]2[C@H]1CO. The summed E-state index contributed by atoms with van der Waals surface area (Å²) in [6, 6.07) is 5.17. The van der Waals surface area contributed by atoms with Gasteiger partial charge in [-0.15, -0.1) is 0 Å². The largest absolute Gasteiger partial charge is 0.507 e. The van der Waals surface area contributed by atoms with E-state index >= 15 is 0 Å². The molecule has 3 amide bonds. The molecule has 0 radical (unpaired) electrons. The van der Waals surface area contributed by atoms with Gasteiger partial charge in [-0.3, -0.25) is 9.59 Å². The summed E-state index contributed by atoms with van der Waals surface area (Å²) in [5, 5.41) is 31.4. The summed E-state index contributed by atoms with van der Waals surface area (Å²) in [5.74, 6) is -3.60. The lowest BCUT2D eigenvalue weighted by molar-refractivity contribution is -0.137. The Morgan fingerprint density at radius 1 is 1.32 bits per heavy atom. The first-order valence-electron chi connectivity index (χ1n) is 11.3. The van der Waals surface area contributed by atoms with Gasteiger partial charge in [0.2, 0.25) is 11.8 Å². The number of benzene rings is 1. The predicted molar refractivity (Wildman–Crippen MR) is 128 cm³/mol. The van der Waals surface area contributed by atoms with E-state index in [2.05, 4.69) is 20.7 Å². The molecule has 0 bridgehead atoms. The van der Waals surface area contributed by atoms with E-state index in [-0.39, 0.29) is 12.2 Å². The van der Waals surface area contributed by atoms with Gasteiger partial charge in [-0.25, -0.2) is 4.79 Å². The number of allylic oxidation sites excluding steroid dienone is 2. The third-order valence-corrected chi connectivity index (χ3v) is 7.28. The smallest absolute Gasteiger partial charge is 0.423 e. The molecular formula is C25H30BrNO7. The van der Waals surface area contributed by atoms with Crippen LogP contribution in [0.1, 0.15) is 45.1 Å². The topological polar surface area (TPSA) is 124 Å². The van der Waals surface area contributed by atoms with Crippen molar-refractivity contribution < 1.29 is 34.4 Å². The summed E-state index contributed by atoms with van der Waals surface area (Å²) in [6.07, 6.45) is 1.75. The van der Waals surface area contributed by atoms with Crippen molar-refractivity contribution in [1.29, 1.82) is 0 Å². The molecule has 3 rings (SSSR count). The first-order chi connectivity index (χ1) is 16.1. The standard InChI is InChI=1S/C25H30BrNO7/c1-4-14(10-15-11-16(26)6-8-19(15)29)5-7-20(30)21-13(2)9-17-22(18(21)12-28)24(32)27(23(17)31)25(33)34-3/h6,8,10-11,17-18,20,22,28-30H,4-5,7,9,12H2,1-3H3/b14-10+/t17-,18+,20-,22-/m1/s1. The number of nitrogens with zero attached hydrogens (tertiary/aromatic N) is 1. The van der Waals surface area contributed by atoms with Crippen molar-refractivity contribution in [3.05, 3.63) is 45.0 Å². The summed E-state index contributed by atoms with van der Waals surface area (Å²) in [6.45, 7) is 3.34. The number of hydrogen-bond donors (Lipinski definition) is 3. The summed E-state index contributed by atoms with van der Waals surface area (Å²) in [7, 11) is 1.10. The Bertz CT molecular complexity index is 1050. The number of amides is 3. The quantitative estimate of drug-likeness (QED) is 0.358. The number of methoxy groups -OCH3 is 1. The lowest BCUT2D eigenvalue weighted by Crippen LogP contribution is -2.39. The van der Waals surface area contributed by atoms with Gasteiger partial charge in [0, 0.05) is 16.0 Å². The number of phenols is 1. The molecule has 8 nitrogen and oxygen atoms in total. The van der Waals surface area contributed by atoms with Gasteiger partial charge >= 0.3 is 6.09 Å². The number of carbonyl (C=O) groups is 3. The Hall–Kier alpha value is -2.49. The lowest BCUT2D eigenvalue weighted by Gasteiger charge is -2.35. The van der Waals surface area contributed by atoms with Gasteiger partial charge in [0.1, 0.15) is 5.75 Å². The molecule has 0 aromatic heterocycles. The summed E-state index contributed by atoms with van der Waals surface area (Å²) in [4.78, 5) is 38.1. The molecule has 1 heterocycles. The van der Waals surface area contributed by atoms with E-state index in [9.17, 15) is 29.7 Å². The number of hydrogen-bond acceptors (Lipinski definition) is 7. The molecule has 3 N–H and O–H groups in total. The second kappa shape index (κ2) is 10.8. The number of carbonyl (C=O) groups excluding carboxylic acids is 3. The van der Waals surface area contributed by atoms with E-state index in [4.69, 9.17) is 0 Å². The summed E-state index contributed by atoms with van der Waals surface area (Å²) < 4.78 is 5.43. The minimum atomic E-state index is -1.03. The zero-order chi connectivity index (χ0) is 25.2. The second-order valence-electron chi connectivity index (χ2n) is 8.76. The molecule has 0 spiro atoms. The number of aliphatic hydroxyl groups excluding tert-OH is 2. The first kappa shape index (κ1) is 26.1. The number of halogens is 1. The number of imide groups is 3. The number of phenolic OH excluding ortho intramolecular Hbond substituents is 1. The van der Waals surface area contributed by atoms with Crippen LogP contribution in [0.25, 0.3) is 6.08 Å². The molecule has 2 aliphatic rings. The van der Waals surface area contributed by atoms with Gasteiger partial charge in [0.15, 0.2) is 0 Å². The maximum absolute atomic E-state index is 12.9. The second-order valence-corrected chi connectivity index (χ2v) is 9.67. The fraction of sp³-hybridized carbons (Fsp3) is 0.480. The van der Waals surface area contributed by atoms with E-state index in [1.807, 2.05) is 19.1 Å². The monoisotopic (exact) mass is 535 g/mol. The average molecular weight is 536 g/mol. The van der Waals surface area contributed by atoms with Crippen LogP contribution in [0.5, 0.6) is 5.75 Å². The maximum atomic E-state index is 12.9. The number of likely N-dealkylation sites (tertiary alicyclic amines) is 1. The minimum Gasteiger partial charge on any atom is -0.507 e. The zero-order valence-corrected chi connectivity index (χ0v) is 21.0. The van der Waals surface area contributed by atoms with Crippen molar-refractivity contribution in [2.75, 3.05) is 13.7 Å². The van der Waals surface area contributed by atoms with Crippen LogP contribution >= 0.6 is 15.9 Å². The Balaban J connectivity index is 1.81. The maximum Gasteiger partial charge on any atom is 0.423 e. The number of ether oxygens (including phenoxy) is 1. The van der Waals surface area contributed by atoms with Gasteiger partial charge in [-0.05, 0) is 56.4 Å². The van der Waals surface area contributed by atoms with Crippen molar-refractivity contribution in [3.63, 3.8) is 0 Å². The highest BCUT2D eigenvalue weighted by Gasteiger charge is 2.56. The third-order valence-electron chi connectivity index (χ3n) is 6.78. The molecule has 4 atom stereocenters. The van der Waals surface area contributed by atoms with Crippen molar-refractivity contribution in [1.82, 2.24) is 4.90 Å². The van der Waals surface area contributed by atoms with Gasteiger partial charge in [0.25, 0.3) is 0 Å². The molecule has 34 heavy (non-hydrogen) atoms. The minimum absolute atomic E-state index is 0.159. The normalized spacial score (nSPS) is 23.9. The van der Waals surface area contributed by atoms with Crippen LogP contribution in [-0.4, -0.2) is 57.9 Å². The van der Waals surface area contributed by atoms with Crippen molar-refractivity contribution in [3.8, 4) is 5.75 Å². The van der Waals surface area contributed by atoms with Crippen molar-refractivity contribution in [2.24, 2.45) is 17.8 Å². The third kappa shape index (κ3) is 4.96. The molecule has 0 saturated carbocycles. The molecule has 184 valence electrons. The highest BCUT2D eigenvalue weighted by Crippen LogP contribution is 2.46. The molecule has 1 aromatic carbocycles. The van der Waals surface area contributed by atoms with Gasteiger partial charge < -0.3 is 20.1 Å². The number of aliphatic hydroxyl groups is 2. The van der Waals surface area contributed by atoms with Crippen LogP contribution in [0.15, 0.2) is 39.4 Å². The highest BCUT2D eigenvalue weighted by atomic mass is 79.9. The Kier molecular flexibility index (Phi) is 8.33. The van der Waals surface area contributed by atoms with Crippen LogP contribution in [0.3, 0.4) is 0 Å². The summed E-state index contributed by atoms with van der Waals surface area (Å²) in [5.41, 5.74) is 2.98. The lowest BCUT2D eigenvalue weighted by atomic mass is 9.68. The highest BCUT2D eigenvalue weighted by molar-refractivity contribution is 9.10. The van der Waals surface area contributed by atoms with Crippen LogP contribution in [0.2, 0.25) is 0 Å². The van der Waals surface area contributed by atoms with Crippen LogP contribution in [0, 0.1) is 17.8 Å². The van der Waals surface area contributed by atoms with E-state index in [0.29, 0.717) is 35.3 Å². The van der Waals surface area contributed by atoms with E-state index in [1.165, 1.54) is 0 Å². The fourth-order valence-corrected chi connectivity index (χ4v) is 5.46. The Morgan fingerprint density at radius 3 is 2.65 bits per heavy atom. The molecule has 1 saturated heterocycles. The first-order valence-corrected chi connectivity index (χ1v) is 12.1. The zero-order valence-electron chi connectivity index (χ0n) is 19.5. The average Bonchev–Trinajstić information content (AvgIpc) is 3.06. The van der Waals surface area contributed by atoms with Crippen molar-refractivity contribution >= 4 is 39.9 Å². The molecule has 1 aliphatic carbocycles. The molecule has 9 heteroatoms. The van der Waals surface area contributed by atoms with E-state index in [1.54, 1.807) is 19.1 Å². The van der Waals surface area contributed by atoms with Crippen LogP contribution in [0.4, 0.5) is 4.79 Å². The van der Waals surface area contributed by atoms with Gasteiger partial charge in [-0.1, -0.05) is 40.1 Å². The number of rotatable bonds is 7. The van der Waals surface area contributed by atoms with E-state index in [0.717, 1.165) is 22.7 Å². The Labute approximate surface area is 207 Å². The van der Waals surface area contributed by atoms with Crippen molar-refractivity contribution in [2.45, 2.75) is 45.6 Å². The molecule has 1 aromatic rings. The predicted octanol–water partition coefficient (Wildman–Crippen LogP) is 3.79. The number of aromatic hydroxyl groups is 1. The van der Waals surface area contributed by atoms with Gasteiger partial charge in [-0.2, -0.15) is 4.90 Å². The van der Waals surface area contributed by atoms with Gasteiger partial charge in [0.05, 0.1) is 31.7 Å². The molecule has 1 aliphatic heterocycles. The Morgan fingerprint density at radius 2 is 2.03 bits per heavy atom. The number of fused-ring (bicyclic) bond motifs is 1.